The van der Waals surface area contributed by atoms with Crippen LogP contribution < -0.4 is 34.3 Å². The van der Waals surface area contributed by atoms with Gasteiger partial charge in [-0.2, -0.15) is 13.2 Å². The number of methoxy groups -OCH3 is 5. The van der Waals surface area contributed by atoms with Crippen LogP contribution in [0, 0.1) is 0 Å². The molecule has 3 rings (SSSR count). The molecule has 1 fully saturated rings. The Bertz CT molecular complexity index is 1220. The lowest BCUT2D eigenvalue weighted by Gasteiger charge is -2.30. The fourth-order valence-electron chi connectivity index (χ4n) is 3.83. The molecule has 1 heterocycles. The molecule has 2 aromatic rings. The van der Waals surface area contributed by atoms with Gasteiger partial charge in [-0.15, -0.1) is 0 Å². The Labute approximate surface area is 209 Å². The van der Waals surface area contributed by atoms with Crippen LogP contribution in [0.5, 0.6) is 28.7 Å². The molecule has 1 saturated heterocycles. The number of ether oxygens (including phenoxy) is 5. The van der Waals surface area contributed by atoms with Crippen LogP contribution in [-0.4, -0.2) is 70.1 Å². The van der Waals surface area contributed by atoms with Gasteiger partial charge in [-0.1, -0.05) is 12.1 Å². The Hall–Kier alpha value is -4.36. The Morgan fingerprint density at radius 2 is 1.49 bits per heavy atom. The molecule has 2 aromatic carbocycles. The summed E-state index contributed by atoms with van der Waals surface area (Å²) in [7, 11) is 6.37. The minimum absolute atomic E-state index is 0.0627. The predicted octanol–water partition coefficient (Wildman–Crippen LogP) is 2.47. The largest absolute Gasteiger partial charge is 0.493 e. The molecule has 14 heteroatoms. The summed E-state index contributed by atoms with van der Waals surface area (Å²) < 4.78 is 68.8. The maximum absolute atomic E-state index is 14.3. The van der Waals surface area contributed by atoms with E-state index >= 15 is 0 Å². The SMILES string of the molecule is COc1cccc(CN2C(=O)N[C@](NC(=O)c3ccc(OC)c(OC)c3OC)(C(F)(F)F)C2=O)c1OC. The summed E-state index contributed by atoms with van der Waals surface area (Å²) in [6.45, 7) is -0.599. The summed E-state index contributed by atoms with van der Waals surface area (Å²) in [5.41, 5.74) is -3.97. The van der Waals surface area contributed by atoms with E-state index in [9.17, 15) is 27.6 Å². The molecule has 0 saturated carbocycles. The van der Waals surface area contributed by atoms with Gasteiger partial charge < -0.3 is 29.0 Å². The van der Waals surface area contributed by atoms with Crippen molar-refractivity contribution in [3.8, 4) is 28.7 Å². The molecule has 1 aliphatic heterocycles. The van der Waals surface area contributed by atoms with Crippen molar-refractivity contribution in [3.05, 3.63) is 41.5 Å². The zero-order valence-corrected chi connectivity index (χ0v) is 20.4. The minimum atomic E-state index is -5.42. The Morgan fingerprint density at radius 3 is 2.03 bits per heavy atom. The van der Waals surface area contributed by atoms with Gasteiger partial charge in [0.15, 0.2) is 23.0 Å². The molecule has 4 amide bonds. The van der Waals surface area contributed by atoms with Crippen LogP contribution in [0.4, 0.5) is 18.0 Å². The highest BCUT2D eigenvalue weighted by Gasteiger charge is 2.69. The molecular formula is C23H24F3N3O8. The van der Waals surface area contributed by atoms with E-state index in [0.29, 0.717) is 4.90 Å². The number of urea groups is 1. The lowest BCUT2D eigenvalue weighted by molar-refractivity contribution is -0.200. The molecule has 0 unspecified atom stereocenters. The maximum Gasteiger partial charge on any atom is 0.440 e. The van der Waals surface area contributed by atoms with Crippen molar-refractivity contribution < 1.29 is 51.2 Å². The van der Waals surface area contributed by atoms with Gasteiger partial charge in [-0.05, 0) is 18.2 Å². The number of hydrogen-bond acceptors (Lipinski definition) is 8. The summed E-state index contributed by atoms with van der Waals surface area (Å²) in [5, 5.41) is 3.23. The molecule has 1 atom stereocenters. The van der Waals surface area contributed by atoms with E-state index in [1.807, 2.05) is 0 Å². The topological polar surface area (TPSA) is 125 Å². The van der Waals surface area contributed by atoms with Crippen molar-refractivity contribution in [2.24, 2.45) is 0 Å². The van der Waals surface area contributed by atoms with Crippen LogP contribution in [0.3, 0.4) is 0 Å². The second kappa shape index (κ2) is 10.3. The molecule has 37 heavy (non-hydrogen) atoms. The first-order valence-electron chi connectivity index (χ1n) is 10.5. The van der Waals surface area contributed by atoms with Crippen molar-refractivity contribution in [3.63, 3.8) is 0 Å². The average Bonchev–Trinajstić information content (AvgIpc) is 3.12. The Balaban J connectivity index is 2.02. The average molecular weight is 527 g/mol. The summed E-state index contributed by atoms with van der Waals surface area (Å²) in [6.07, 6.45) is -5.42. The van der Waals surface area contributed by atoms with Crippen molar-refractivity contribution in [1.82, 2.24) is 15.5 Å². The van der Waals surface area contributed by atoms with Crippen LogP contribution in [-0.2, 0) is 11.3 Å². The first kappa shape index (κ1) is 27.2. The van der Waals surface area contributed by atoms with Gasteiger partial charge in [0.2, 0.25) is 5.75 Å². The number of alkyl halides is 3. The predicted molar refractivity (Wildman–Crippen MR) is 121 cm³/mol. The lowest BCUT2D eigenvalue weighted by atomic mass is 10.1. The number of imide groups is 1. The number of para-hydroxylation sites is 1. The third kappa shape index (κ3) is 4.61. The van der Waals surface area contributed by atoms with Crippen molar-refractivity contribution >= 4 is 17.8 Å². The molecule has 1 aliphatic rings. The molecule has 0 radical (unpaired) electrons. The summed E-state index contributed by atoms with van der Waals surface area (Å²) in [6, 6.07) is 5.50. The maximum atomic E-state index is 14.3. The van der Waals surface area contributed by atoms with Gasteiger partial charge in [0.25, 0.3) is 17.5 Å². The minimum Gasteiger partial charge on any atom is -0.493 e. The van der Waals surface area contributed by atoms with Crippen molar-refractivity contribution in [1.29, 1.82) is 0 Å². The molecular weight excluding hydrogens is 503 g/mol. The number of carbonyl (C=O) groups excluding carboxylic acids is 3. The Morgan fingerprint density at radius 1 is 0.892 bits per heavy atom. The van der Waals surface area contributed by atoms with Gasteiger partial charge in [0.1, 0.15) is 0 Å². The van der Waals surface area contributed by atoms with E-state index in [4.69, 9.17) is 23.7 Å². The van der Waals surface area contributed by atoms with Gasteiger partial charge in [0, 0.05) is 5.56 Å². The normalized spacial score (nSPS) is 17.2. The first-order valence-corrected chi connectivity index (χ1v) is 10.5. The number of nitrogens with one attached hydrogen (secondary N) is 2. The van der Waals surface area contributed by atoms with Gasteiger partial charge in [-0.25, -0.2) is 4.79 Å². The molecule has 0 aromatic heterocycles. The van der Waals surface area contributed by atoms with Crippen LogP contribution in [0.25, 0.3) is 0 Å². The third-order valence-electron chi connectivity index (χ3n) is 5.59. The number of carbonyl (C=O) groups is 3. The van der Waals surface area contributed by atoms with E-state index in [1.54, 1.807) is 10.6 Å². The fourth-order valence-corrected chi connectivity index (χ4v) is 3.83. The van der Waals surface area contributed by atoms with Crippen LogP contribution >= 0.6 is 0 Å². The fraction of sp³-hybridized carbons (Fsp3) is 0.348. The number of rotatable bonds is 9. The highest BCUT2D eigenvalue weighted by molar-refractivity contribution is 6.10. The first-order chi connectivity index (χ1) is 17.5. The molecule has 0 bridgehead atoms. The number of nitrogens with zero attached hydrogens (tertiary/aromatic N) is 1. The standard InChI is InChI=1S/C23H24F3N3O8/c1-33-14-8-6-7-12(16(14)35-3)11-29-20(31)22(23(24,25)26,28-21(29)32)27-19(30)13-9-10-15(34-2)18(37-5)17(13)36-4/h6-10H,11H2,1-5H3,(H,27,30)(H,28,32)/t22-/m0/s1. The van der Waals surface area contributed by atoms with E-state index in [-0.39, 0.29) is 34.3 Å². The van der Waals surface area contributed by atoms with Gasteiger partial charge in [-0.3, -0.25) is 19.8 Å². The smallest absolute Gasteiger partial charge is 0.440 e. The zero-order chi connectivity index (χ0) is 27.5. The number of amides is 4. The lowest BCUT2D eigenvalue weighted by Crippen LogP contribution is -2.69. The van der Waals surface area contributed by atoms with Gasteiger partial charge in [0.05, 0.1) is 47.7 Å². The van der Waals surface area contributed by atoms with Crippen molar-refractivity contribution in [2.45, 2.75) is 18.4 Å². The van der Waals surface area contributed by atoms with E-state index in [2.05, 4.69) is 0 Å². The Kier molecular flexibility index (Phi) is 7.60. The van der Waals surface area contributed by atoms with Gasteiger partial charge >= 0.3 is 12.2 Å². The van der Waals surface area contributed by atoms with Crippen molar-refractivity contribution in [2.75, 3.05) is 35.5 Å². The summed E-state index contributed by atoms with van der Waals surface area (Å²) >= 11 is 0. The van der Waals surface area contributed by atoms with Crippen LogP contribution in [0.2, 0.25) is 0 Å². The number of benzene rings is 2. The molecule has 0 aliphatic carbocycles. The number of hydrogen-bond donors (Lipinski definition) is 2. The summed E-state index contributed by atoms with van der Waals surface area (Å²) in [4.78, 5) is 39.2. The quantitative estimate of drug-likeness (QED) is 0.477. The molecule has 2 N–H and O–H groups in total. The number of halogens is 3. The second-order valence-corrected chi connectivity index (χ2v) is 7.56. The monoisotopic (exact) mass is 527 g/mol. The highest BCUT2D eigenvalue weighted by atomic mass is 19.4. The third-order valence-corrected chi connectivity index (χ3v) is 5.59. The van der Waals surface area contributed by atoms with E-state index in [1.165, 1.54) is 59.8 Å². The molecule has 200 valence electrons. The molecule has 0 spiro atoms. The summed E-state index contributed by atoms with van der Waals surface area (Å²) in [5.74, 6) is -2.92. The van der Waals surface area contributed by atoms with Crippen LogP contribution in [0.15, 0.2) is 30.3 Å². The van der Waals surface area contributed by atoms with E-state index < -0.39 is 41.8 Å². The molecule has 11 nitrogen and oxygen atoms in total. The second-order valence-electron chi connectivity index (χ2n) is 7.56. The highest BCUT2D eigenvalue weighted by Crippen LogP contribution is 2.41. The van der Waals surface area contributed by atoms with E-state index in [0.717, 1.165) is 6.07 Å². The van der Waals surface area contributed by atoms with Crippen LogP contribution in [0.1, 0.15) is 15.9 Å². The zero-order valence-electron chi connectivity index (χ0n) is 20.4.